The highest BCUT2D eigenvalue weighted by Gasteiger charge is 2.02. The van der Waals surface area contributed by atoms with Crippen LogP contribution in [0.5, 0.6) is 0 Å². The first-order valence-corrected chi connectivity index (χ1v) is 5.17. The van der Waals surface area contributed by atoms with Crippen molar-refractivity contribution in [3.63, 3.8) is 0 Å². The van der Waals surface area contributed by atoms with Crippen LogP contribution in [-0.2, 0) is 11.2 Å². The molecular formula is C12H19ClN2O. The molecule has 1 aromatic rings. The fourth-order valence-corrected chi connectivity index (χ4v) is 1.64. The molecule has 0 bridgehead atoms. The third-order valence-electron chi connectivity index (χ3n) is 2.53. The van der Waals surface area contributed by atoms with Gasteiger partial charge in [-0.3, -0.25) is 4.79 Å². The Morgan fingerprint density at radius 1 is 1.31 bits per heavy atom. The standard InChI is InChI=1S/C12H18N2O.ClH/c1-9-4-3-5-10(2)11(9)6-7-14-12(15)8-13;/h3-5H,6-8,13H2,1-2H3,(H,14,15);1H. The smallest absolute Gasteiger partial charge is 0.233 e. The Balaban J connectivity index is 0.00000225. The molecular weight excluding hydrogens is 224 g/mol. The summed E-state index contributed by atoms with van der Waals surface area (Å²) >= 11 is 0. The van der Waals surface area contributed by atoms with Crippen LogP contribution in [0.15, 0.2) is 18.2 Å². The second-order valence-electron chi connectivity index (χ2n) is 3.67. The van der Waals surface area contributed by atoms with Crippen LogP contribution in [0.2, 0.25) is 0 Å². The molecule has 1 rings (SSSR count). The first-order valence-electron chi connectivity index (χ1n) is 5.17. The Morgan fingerprint density at radius 2 is 1.88 bits per heavy atom. The van der Waals surface area contributed by atoms with Gasteiger partial charge in [0.15, 0.2) is 0 Å². The first-order chi connectivity index (χ1) is 7.15. The first kappa shape index (κ1) is 14.9. The summed E-state index contributed by atoms with van der Waals surface area (Å²) in [5, 5.41) is 2.77. The molecule has 0 aliphatic heterocycles. The predicted octanol–water partition coefficient (Wildman–Crippen LogP) is 1.34. The normalized spacial score (nSPS) is 9.44. The number of hydrogen-bond donors (Lipinski definition) is 2. The van der Waals surface area contributed by atoms with E-state index in [0.29, 0.717) is 6.54 Å². The lowest BCUT2D eigenvalue weighted by Crippen LogP contribution is -2.31. The lowest BCUT2D eigenvalue weighted by atomic mass is 10.0. The van der Waals surface area contributed by atoms with Gasteiger partial charge in [-0.25, -0.2) is 0 Å². The van der Waals surface area contributed by atoms with E-state index in [-0.39, 0.29) is 24.9 Å². The van der Waals surface area contributed by atoms with Crippen LogP contribution in [-0.4, -0.2) is 19.0 Å². The Labute approximate surface area is 103 Å². The number of aryl methyl sites for hydroxylation is 2. The maximum Gasteiger partial charge on any atom is 0.233 e. The molecule has 0 unspecified atom stereocenters. The van der Waals surface area contributed by atoms with E-state index in [1.165, 1.54) is 16.7 Å². The Morgan fingerprint density at radius 3 is 2.38 bits per heavy atom. The monoisotopic (exact) mass is 242 g/mol. The van der Waals surface area contributed by atoms with Crippen molar-refractivity contribution >= 4 is 18.3 Å². The minimum Gasteiger partial charge on any atom is -0.355 e. The summed E-state index contributed by atoms with van der Waals surface area (Å²) in [4.78, 5) is 10.9. The molecule has 0 fully saturated rings. The molecule has 1 amide bonds. The van der Waals surface area contributed by atoms with Gasteiger partial charge >= 0.3 is 0 Å². The minimum atomic E-state index is -0.0961. The van der Waals surface area contributed by atoms with Crippen LogP contribution in [0.3, 0.4) is 0 Å². The van der Waals surface area contributed by atoms with Gasteiger partial charge in [0.25, 0.3) is 0 Å². The Bertz CT molecular complexity index is 333. The van der Waals surface area contributed by atoms with Gasteiger partial charge in [0.1, 0.15) is 0 Å². The molecule has 0 atom stereocenters. The van der Waals surface area contributed by atoms with Crippen molar-refractivity contribution in [2.24, 2.45) is 5.73 Å². The van der Waals surface area contributed by atoms with Gasteiger partial charge < -0.3 is 11.1 Å². The Kier molecular flexibility index (Phi) is 6.77. The predicted molar refractivity (Wildman–Crippen MR) is 68.9 cm³/mol. The number of rotatable bonds is 4. The van der Waals surface area contributed by atoms with Gasteiger partial charge in [0, 0.05) is 6.54 Å². The molecule has 90 valence electrons. The molecule has 16 heavy (non-hydrogen) atoms. The summed E-state index contributed by atoms with van der Waals surface area (Å²) in [6.45, 7) is 4.90. The number of hydrogen-bond acceptors (Lipinski definition) is 2. The number of nitrogens with one attached hydrogen (secondary N) is 1. The van der Waals surface area contributed by atoms with E-state index >= 15 is 0 Å². The van der Waals surface area contributed by atoms with Crippen LogP contribution < -0.4 is 11.1 Å². The topological polar surface area (TPSA) is 55.1 Å². The summed E-state index contributed by atoms with van der Waals surface area (Å²) < 4.78 is 0. The average molecular weight is 243 g/mol. The van der Waals surface area contributed by atoms with Crippen molar-refractivity contribution < 1.29 is 4.79 Å². The SMILES string of the molecule is Cc1cccc(C)c1CCNC(=O)CN.Cl. The summed E-state index contributed by atoms with van der Waals surface area (Å²) in [6, 6.07) is 6.23. The highest BCUT2D eigenvalue weighted by atomic mass is 35.5. The van der Waals surface area contributed by atoms with Gasteiger partial charge in [-0.15, -0.1) is 12.4 Å². The fraction of sp³-hybridized carbons (Fsp3) is 0.417. The van der Waals surface area contributed by atoms with E-state index in [0.717, 1.165) is 6.42 Å². The van der Waals surface area contributed by atoms with Crippen molar-refractivity contribution in [3.05, 3.63) is 34.9 Å². The van der Waals surface area contributed by atoms with Crippen molar-refractivity contribution in [1.29, 1.82) is 0 Å². The van der Waals surface area contributed by atoms with Gasteiger partial charge in [-0.2, -0.15) is 0 Å². The fourth-order valence-electron chi connectivity index (χ4n) is 1.64. The van der Waals surface area contributed by atoms with Crippen molar-refractivity contribution in [2.75, 3.05) is 13.1 Å². The number of carbonyl (C=O) groups excluding carboxylic acids is 1. The molecule has 0 heterocycles. The summed E-state index contributed by atoms with van der Waals surface area (Å²) in [7, 11) is 0. The van der Waals surface area contributed by atoms with Gasteiger partial charge in [0.05, 0.1) is 6.54 Å². The zero-order valence-electron chi connectivity index (χ0n) is 9.75. The highest BCUT2D eigenvalue weighted by Crippen LogP contribution is 2.13. The molecule has 0 spiro atoms. The maximum atomic E-state index is 10.9. The zero-order chi connectivity index (χ0) is 11.3. The molecule has 0 saturated carbocycles. The largest absolute Gasteiger partial charge is 0.355 e. The third kappa shape index (κ3) is 4.21. The third-order valence-corrected chi connectivity index (χ3v) is 2.53. The average Bonchev–Trinajstić information content (AvgIpc) is 2.22. The van der Waals surface area contributed by atoms with E-state index in [2.05, 4.69) is 31.3 Å². The number of amides is 1. The van der Waals surface area contributed by atoms with Crippen LogP contribution >= 0.6 is 12.4 Å². The van der Waals surface area contributed by atoms with Crippen LogP contribution in [0.4, 0.5) is 0 Å². The maximum absolute atomic E-state index is 10.9. The quantitative estimate of drug-likeness (QED) is 0.837. The molecule has 0 aromatic heterocycles. The molecule has 0 radical (unpaired) electrons. The lowest BCUT2D eigenvalue weighted by molar-refractivity contribution is -0.119. The second kappa shape index (κ2) is 7.25. The van der Waals surface area contributed by atoms with Gasteiger partial charge in [0.2, 0.25) is 5.91 Å². The van der Waals surface area contributed by atoms with E-state index in [1.54, 1.807) is 0 Å². The lowest BCUT2D eigenvalue weighted by Gasteiger charge is -2.09. The van der Waals surface area contributed by atoms with Crippen molar-refractivity contribution in [2.45, 2.75) is 20.3 Å². The molecule has 1 aromatic carbocycles. The highest BCUT2D eigenvalue weighted by molar-refractivity contribution is 5.85. The summed E-state index contributed by atoms with van der Waals surface area (Å²) in [5.41, 5.74) is 9.06. The Hall–Kier alpha value is -1.06. The summed E-state index contributed by atoms with van der Waals surface area (Å²) in [6.07, 6.45) is 0.865. The molecule has 0 aliphatic rings. The zero-order valence-corrected chi connectivity index (χ0v) is 10.6. The van der Waals surface area contributed by atoms with Gasteiger partial charge in [-0.05, 0) is 37.0 Å². The number of benzene rings is 1. The van der Waals surface area contributed by atoms with Gasteiger partial charge in [-0.1, -0.05) is 18.2 Å². The number of halogens is 1. The van der Waals surface area contributed by atoms with Crippen molar-refractivity contribution in [3.8, 4) is 0 Å². The van der Waals surface area contributed by atoms with E-state index in [4.69, 9.17) is 5.73 Å². The van der Waals surface area contributed by atoms with E-state index < -0.39 is 0 Å². The molecule has 3 N–H and O–H groups in total. The van der Waals surface area contributed by atoms with Crippen LogP contribution in [0.1, 0.15) is 16.7 Å². The van der Waals surface area contributed by atoms with E-state index in [9.17, 15) is 4.79 Å². The summed E-state index contributed by atoms with van der Waals surface area (Å²) in [5.74, 6) is -0.0961. The number of carbonyl (C=O) groups is 1. The molecule has 0 saturated heterocycles. The van der Waals surface area contributed by atoms with Crippen LogP contribution in [0.25, 0.3) is 0 Å². The second-order valence-corrected chi connectivity index (χ2v) is 3.67. The molecule has 0 aliphatic carbocycles. The molecule has 4 heteroatoms. The minimum absolute atomic E-state index is 0. The molecule has 3 nitrogen and oxygen atoms in total. The van der Waals surface area contributed by atoms with E-state index in [1.807, 2.05) is 6.07 Å². The van der Waals surface area contributed by atoms with Crippen LogP contribution in [0, 0.1) is 13.8 Å². The van der Waals surface area contributed by atoms with Crippen molar-refractivity contribution in [1.82, 2.24) is 5.32 Å². The number of nitrogens with two attached hydrogens (primary N) is 1.